The maximum Gasteiger partial charge on any atom is 0.0972 e. The molecule has 0 aliphatic heterocycles. The third-order valence-electron chi connectivity index (χ3n) is 2.57. The van der Waals surface area contributed by atoms with Crippen LogP contribution in [0.5, 0.6) is 0 Å². The van der Waals surface area contributed by atoms with Gasteiger partial charge in [-0.25, -0.2) is 4.98 Å². The van der Waals surface area contributed by atoms with Crippen molar-refractivity contribution in [2.45, 2.75) is 26.3 Å². The normalized spacial score (nSPS) is 10.8. The van der Waals surface area contributed by atoms with E-state index in [9.17, 15) is 0 Å². The Kier molecular flexibility index (Phi) is 5.17. The molecule has 0 amide bonds. The lowest BCUT2D eigenvalue weighted by molar-refractivity contribution is 0.681. The predicted octanol–water partition coefficient (Wildman–Crippen LogP) is 3.89. The highest BCUT2D eigenvalue weighted by Gasteiger charge is 2.03. The van der Waals surface area contributed by atoms with E-state index in [-0.39, 0.29) is 0 Å². The number of nitrogens with one attached hydrogen (secondary N) is 1. The molecule has 0 bridgehead atoms. The van der Waals surface area contributed by atoms with Crippen LogP contribution in [0.4, 0.5) is 0 Å². The first kappa shape index (κ1) is 13.5. The standard InChI is InChI=1S/C14H17ClN2S/c1-2-6-16-9-13-10-17-14(18-13)8-11-4-3-5-12(15)7-11/h3-5,7,10,16H,2,6,8-9H2,1H3. The molecular formula is C14H17ClN2S. The summed E-state index contributed by atoms with van der Waals surface area (Å²) in [6.07, 6.45) is 3.99. The highest BCUT2D eigenvalue weighted by atomic mass is 35.5. The summed E-state index contributed by atoms with van der Waals surface area (Å²) in [7, 11) is 0. The monoisotopic (exact) mass is 280 g/mol. The van der Waals surface area contributed by atoms with Gasteiger partial charge < -0.3 is 5.32 Å². The van der Waals surface area contributed by atoms with Gasteiger partial charge >= 0.3 is 0 Å². The van der Waals surface area contributed by atoms with Crippen LogP contribution in [0.15, 0.2) is 30.5 Å². The molecule has 0 saturated carbocycles. The Bertz CT molecular complexity index is 496. The van der Waals surface area contributed by atoms with Crippen LogP contribution in [0.2, 0.25) is 5.02 Å². The van der Waals surface area contributed by atoms with Gasteiger partial charge in [-0.05, 0) is 30.7 Å². The average molecular weight is 281 g/mol. The zero-order valence-corrected chi connectivity index (χ0v) is 12.0. The van der Waals surface area contributed by atoms with Crippen molar-refractivity contribution in [3.8, 4) is 0 Å². The summed E-state index contributed by atoms with van der Waals surface area (Å²) in [5.41, 5.74) is 1.21. The van der Waals surface area contributed by atoms with E-state index in [0.717, 1.165) is 36.0 Å². The molecule has 0 radical (unpaired) electrons. The van der Waals surface area contributed by atoms with Crippen LogP contribution in [-0.4, -0.2) is 11.5 Å². The van der Waals surface area contributed by atoms with E-state index in [1.54, 1.807) is 11.3 Å². The predicted molar refractivity (Wildman–Crippen MR) is 78.4 cm³/mol. The van der Waals surface area contributed by atoms with Crippen molar-refractivity contribution in [2.75, 3.05) is 6.54 Å². The number of rotatable bonds is 6. The molecule has 0 unspecified atom stereocenters. The van der Waals surface area contributed by atoms with Gasteiger partial charge in [0.15, 0.2) is 0 Å². The number of hydrogen-bond acceptors (Lipinski definition) is 3. The average Bonchev–Trinajstić information content (AvgIpc) is 2.77. The summed E-state index contributed by atoms with van der Waals surface area (Å²) >= 11 is 7.74. The second-order valence-corrected chi connectivity index (χ2v) is 5.84. The van der Waals surface area contributed by atoms with Crippen LogP contribution in [0.25, 0.3) is 0 Å². The second-order valence-electron chi connectivity index (χ2n) is 4.20. The van der Waals surface area contributed by atoms with E-state index in [1.165, 1.54) is 10.4 Å². The van der Waals surface area contributed by atoms with E-state index in [0.29, 0.717) is 0 Å². The Balaban J connectivity index is 1.94. The van der Waals surface area contributed by atoms with Crippen molar-refractivity contribution in [3.05, 3.63) is 50.9 Å². The van der Waals surface area contributed by atoms with Crippen LogP contribution >= 0.6 is 22.9 Å². The van der Waals surface area contributed by atoms with Crippen molar-refractivity contribution in [1.82, 2.24) is 10.3 Å². The SMILES string of the molecule is CCCNCc1cnc(Cc2cccc(Cl)c2)s1. The topological polar surface area (TPSA) is 24.9 Å². The van der Waals surface area contributed by atoms with Crippen LogP contribution in [0.1, 0.15) is 28.8 Å². The fraction of sp³-hybridized carbons (Fsp3) is 0.357. The molecule has 18 heavy (non-hydrogen) atoms. The molecule has 1 aromatic heterocycles. The Hall–Kier alpha value is -0.900. The number of halogens is 1. The Labute approximate surface area is 117 Å². The van der Waals surface area contributed by atoms with Gasteiger partial charge in [-0.15, -0.1) is 11.3 Å². The van der Waals surface area contributed by atoms with Crippen molar-refractivity contribution < 1.29 is 0 Å². The van der Waals surface area contributed by atoms with E-state index in [4.69, 9.17) is 11.6 Å². The minimum absolute atomic E-state index is 0.786. The zero-order chi connectivity index (χ0) is 12.8. The lowest BCUT2D eigenvalue weighted by Crippen LogP contribution is -2.12. The second kappa shape index (κ2) is 6.88. The fourth-order valence-corrected chi connectivity index (χ4v) is 2.86. The van der Waals surface area contributed by atoms with Crippen molar-refractivity contribution in [1.29, 1.82) is 0 Å². The molecule has 4 heteroatoms. The summed E-state index contributed by atoms with van der Waals surface area (Å²) in [4.78, 5) is 5.75. The molecule has 0 atom stereocenters. The van der Waals surface area contributed by atoms with E-state index in [2.05, 4.69) is 23.3 Å². The highest BCUT2D eigenvalue weighted by Crippen LogP contribution is 2.18. The molecule has 0 fully saturated rings. The largest absolute Gasteiger partial charge is 0.312 e. The Morgan fingerprint density at radius 2 is 2.28 bits per heavy atom. The van der Waals surface area contributed by atoms with Gasteiger partial charge in [0.05, 0.1) is 5.01 Å². The molecule has 0 saturated heterocycles. The van der Waals surface area contributed by atoms with Crippen molar-refractivity contribution in [2.24, 2.45) is 0 Å². The molecule has 0 spiro atoms. The van der Waals surface area contributed by atoms with Gasteiger partial charge in [-0.1, -0.05) is 30.7 Å². The van der Waals surface area contributed by atoms with Gasteiger partial charge in [-0.2, -0.15) is 0 Å². The number of hydrogen-bond donors (Lipinski definition) is 1. The molecule has 0 aliphatic carbocycles. The van der Waals surface area contributed by atoms with Crippen LogP contribution in [-0.2, 0) is 13.0 Å². The van der Waals surface area contributed by atoms with E-state index < -0.39 is 0 Å². The first-order valence-corrected chi connectivity index (χ1v) is 7.36. The Morgan fingerprint density at radius 3 is 3.06 bits per heavy atom. The van der Waals surface area contributed by atoms with Gasteiger partial charge in [0, 0.05) is 29.1 Å². The van der Waals surface area contributed by atoms with Crippen LogP contribution in [0, 0.1) is 0 Å². The molecule has 1 heterocycles. The highest BCUT2D eigenvalue weighted by molar-refractivity contribution is 7.11. The maximum atomic E-state index is 5.97. The number of thiazole rings is 1. The maximum absolute atomic E-state index is 5.97. The van der Waals surface area contributed by atoms with Gasteiger partial charge in [0.1, 0.15) is 0 Å². The lowest BCUT2D eigenvalue weighted by Gasteiger charge is -1.99. The summed E-state index contributed by atoms with van der Waals surface area (Å²) in [5, 5.41) is 5.32. The minimum Gasteiger partial charge on any atom is -0.312 e. The Morgan fingerprint density at radius 1 is 1.39 bits per heavy atom. The lowest BCUT2D eigenvalue weighted by atomic mass is 10.2. The third kappa shape index (κ3) is 4.09. The molecule has 0 aliphatic rings. The molecule has 2 aromatic rings. The summed E-state index contributed by atoms with van der Waals surface area (Å²) in [6, 6.07) is 7.96. The summed E-state index contributed by atoms with van der Waals surface area (Å²) in [5.74, 6) is 0. The van der Waals surface area contributed by atoms with Crippen LogP contribution in [0.3, 0.4) is 0 Å². The number of nitrogens with zero attached hydrogens (tertiary/aromatic N) is 1. The van der Waals surface area contributed by atoms with Gasteiger partial charge in [0.2, 0.25) is 0 Å². The summed E-state index contributed by atoms with van der Waals surface area (Å²) < 4.78 is 0. The quantitative estimate of drug-likeness (QED) is 0.812. The van der Waals surface area contributed by atoms with Gasteiger partial charge in [-0.3, -0.25) is 0 Å². The van der Waals surface area contributed by atoms with Gasteiger partial charge in [0.25, 0.3) is 0 Å². The number of aromatic nitrogens is 1. The summed E-state index contributed by atoms with van der Waals surface area (Å²) in [6.45, 7) is 4.15. The molecule has 2 nitrogen and oxygen atoms in total. The van der Waals surface area contributed by atoms with Crippen LogP contribution < -0.4 is 5.32 Å². The smallest absolute Gasteiger partial charge is 0.0972 e. The minimum atomic E-state index is 0.786. The molecule has 96 valence electrons. The van der Waals surface area contributed by atoms with Crippen molar-refractivity contribution >= 4 is 22.9 Å². The van der Waals surface area contributed by atoms with E-state index >= 15 is 0 Å². The molecular weight excluding hydrogens is 264 g/mol. The van der Waals surface area contributed by atoms with Crippen molar-refractivity contribution in [3.63, 3.8) is 0 Å². The van der Waals surface area contributed by atoms with E-state index in [1.807, 2.05) is 24.4 Å². The molecule has 1 aromatic carbocycles. The first-order valence-electron chi connectivity index (χ1n) is 6.16. The molecule has 1 N–H and O–H groups in total. The third-order valence-corrected chi connectivity index (χ3v) is 3.80. The first-order chi connectivity index (χ1) is 8.78. The molecule has 2 rings (SSSR count). The zero-order valence-electron chi connectivity index (χ0n) is 10.4. The number of benzene rings is 1. The fourth-order valence-electron chi connectivity index (χ4n) is 1.72.